The molecule has 2 heterocycles. The number of aromatic nitrogens is 3. The lowest BCUT2D eigenvalue weighted by Crippen LogP contribution is -2.45. The van der Waals surface area contributed by atoms with Crippen LogP contribution >= 0.6 is 0 Å². The molecule has 2 saturated carbocycles. The van der Waals surface area contributed by atoms with Crippen LogP contribution in [0.1, 0.15) is 69.4 Å². The monoisotopic (exact) mass is 402 g/mol. The summed E-state index contributed by atoms with van der Waals surface area (Å²) in [6.07, 6.45) is 9.55. The molecule has 4 rings (SSSR count). The zero-order valence-corrected chi connectivity index (χ0v) is 16.1. The summed E-state index contributed by atoms with van der Waals surface area (Å²) in [5, 5.41) is 15.9. The number of nitrogens with zero attached hydrogens (tertiary/aromatic N) is 4. The van der Waals surface area contributed by atoms with Crippen LogP contribution in [0.5, 0.6) is 0 Å². The summed E-state index contributed by atoms with van der Waals surface area (Å²) >= 11 is 0. The first-order valence-corrected chi connectivity index (χ1v) is 10.3. The van der Waals surface area contributed by atoms with Crippen molar-refractivity contribution in [2.45, 2.75) is 82.5 Å². The van der Waals surface area contributed by atoms with E-state index in [2.05, 4.69) is 26.1 Å². The summed E-state index contributed by atoms with van der Waals surface area (Å²) in [6.45, 7) is 3.69. The third-order valence-corrected chi connectivity index (χ3v) is 6.26. The minimum absolute atomic E-state index is 0.694. The molecule has 0 atom stereocenters. The predicted molar refractivity (Wildman–Crippen MR) is 96.9 cm³/mol. The molecule has 0 bridgehead atoms. The Bertz CT molecular complexity index is 631. The molecule has 0 unspecified atom stereocenters. The number of carbonyl (C=O) groups is 1. The first kappa shape index (κ1) is 21.1. The van der Waals surface area contributed by atoms with Crippen LogP contribution in [0.2, 0.25) is 0 Å². The minimum Gasteiger partial charge on any atom is -0.475 e. The zero-order valence-electron chi connectivity index (χ0n) is 16.1. The normalized spacial score (nSPS) is 22.5. The van der Waals surface area contributed by atoms with Crippen LogP contribution in [0.3, 0.4) is 0 Å². The van der Waals surface area contributed by atoms with Crippen LogP contribution in [-0.4, -0.2) is 56.3 Å². The van der Waals surface area contributed by atoms with Gasteiger partial charge in [-0.25, -0.2) is 4.79 Å². The Morgan fingerprint density at radius 3 is 2.18 bits per heavy atom. The van der Waals surface area contributed by atoms with Crippen molar-refractivity contribution >= 4 is 5.97 Å². The van der Waals surface area contributed by atoms with Crippen molar-refractivity contribution in [3.8, 4) is 0 Å². The van der Waals surface area contributed by atoms with Gasteiger partial charge in [0.15, 0.2) is 0 Å². The number of piperidine rings is 1. The van der Waals surface area contributed by atoms with Crippen LogP contribution in [0.15, 0.2) is 6.20 Å². The average Bonchev–Trinajstić information content (AvgIpc) is 3.26. The molecule has 0 radical (unpaired) electrons. The van der Waals surface area contributed by atoms with Crippen LogP contribution in [0, 0.1) is 5.92 Å². The quantitative estimate of drug-likeness (QED) is 0.829. The maximum atomic E-state index is 10.6. The number of likely N-dealkylation sites (tertiary alicyclic amines) is 1. The fraction of sp³-hybridized carbons (Fsp3) is 0.842. The molecule has 158 valence electrons. The summed E-state index contributed by atoms with van der Waals surface area (Å²) in [4.78, 5) is 11.6. The molecule has 0 amide bonds. The number of rotatable bonds is 4. The van der Waals surface area contributed by atoms with Crippen molar-refractivity contribution in [3.05, 3.63) is 11.9 Å². The predicted octanol–water partition coefficient (Wildman–Crippen LogP) is 3.83. The Labute approximate surface area is 163 Å². The number of halogens is 3. The van der Waals surface area contributed by atoms with E-state index >= 15 is 0 Å². The van der Waals surface area contributed by atoms with E-state index in [1.165, 1.54) is 76.6 Å². The van der Waals surface area contributed by atoms with E-state index in [9.17, 15) is 13.2 Å². The molecule has 1 aliphatic heterocycles. The SMILES string of the molecule is O=C(O)C(F)(F)F.c1c(C2CCCC2)nnn1CC1CCN(C2CCC2)CC1. The van der Waals surface area contributed by atoms with Gasteiger partial charge in [0, 0.05) is 24.7 Å². The van der Waals surface area contributed by atoms with Crippen molar-refractivity contribution in [2.24, 2.45) is 5.92 Å². The van der Waals surface area contributed by atoms with Gasteiger partial charge < -0.3 is 10.0 Å². The van der Waals surface area contributed by atoms with Crippen LogP contribution in [0.4, 0.5) is 13.2 Å². The van der Waals surface area contributed by atoms with E-state index in [-0.39, 0.29) is 0 Å². The van der Waals surface area contributed by atoms with E-state index in [4.69, 9.17) is 9.90 Å². The van der Waals surface area contributed by atoms with Crippen molar-refractivity contribution < 1.29 is 23.1 Å². The molecule has 1 aromatic rings. The number of hydrogen-bond acceptors (Lipinski definition) is 4. The van der Waals surface area contributed by atoms with Crippen LogP contribution < -0.4 is 0 Å². The Morgan fingerprint density at radius 1 is 1.07 bits per heavy atom. The van der Waals surface area contributed by atoms with E-state index < -0.39 is 12.1 Å². The topological polar surface area (TPSA) is 71.2 Å². The second kappa shape index (κ2) is 9.24. The fourth-order valence-electron chi connectivity index (χ4n) is 4.33. The maximum absolute atomic E-state index is 10.6. The molecule has 0 spiro atoms. The first-order chi connectivity index (χ1) is 13.3. The van der Waals surface area contributed by atoms with Gasteiger partial charge in [-0.15, -0.1) is 5.10 Å². The summed E-state index contributed by atoms with van der Waals surface area (Å²) in [6, 6.07) is 0.922. The highest BCUT2D eigenvalue weighted by Gasteiger charge is 2.38. The lowest BCUT2D eigenvalue weighted by Gasteiger charge is -2.41. The Kier molecular flexibility index (Phi) is 6.95. The number of carboxylic acids is 1. The molecule has 3 aliphatic rings. The van der Waals surface area contributed by atoms with Gasteiger partial charge in [0.25, 0.3) is 0 Å². The average molecular weight is 402 g/mol. The van der Waals surface area contributed by atoms with E-state index in [1.54, 1.807) is 0 Å². The molecule has 1 aromatic heterocycles. The van der Waals surface area contributed by atoms with Gasteiger partial charge >= 0.3 is 12.1 Å². The number of aliphatic carboxylic acids is 1. The smallest absolute Gasteiger partial charge is 0.475 e. The summed E-state index contributed by atoms with van der Waals surface area (Å²) in [5.74, 6) is -1.26. The Balaban J connectivity index is 0.000000279. The lowest BCUT2D eigenvalue weighted by molar-refractivity contribution is -0.192. The van der Waals surface area contributed by atoms with Crippen molar-refractivity contribution in [3.63, 3.8) is 0 Å². The molecule has 2 aliphatic carbocycles. The van der Waals surface area contributed by atoms with E-state index in [0.29, 0.717) is 5.92 Å². The zero-order chi connectivity index (χ0) is 20.1. The molecule has 6 nitrogen and oxygen atoms in total. The number of carboxylic acid groups (broad SMARTS) is 1. The molecule has 1 N–H and O–H groups in total. The fourth-order valence-corrected chi connectivity index (χ4v) is 4.33. The van der Waals surface area contributed by atoms with Crippen LogP contribution in [-0.2, 0) is 11.3 Å². The highest BCUT2D eigenvalue weighted by molar-refractivity contribution is 5.73. The summed E-state index contributed by atoms with van der Waals surface area (Å²) in [7, 11) is 0. The Hall–Kier alpha value is -1.64. The Morgan fingerprint density at radius 2 is 1.68 bits per heavy atom. The van der Waals surface area contributed by atoms with E-state index in [0.717, 1.165) is 18.5 Å². The molecule has 3 fully saturated rings. The second-order valence-electron chi connectivity index (χ2n) is 8.21. The number of hydrogen-bond donors (Lipinski definition) is 1. The summed E-state index contributed by atoms with van der Waals surface area (Å²) < 4.78 is 33.9. The van der Waals surface area contributed by atoms with Crippen molar-refractivity contribution in [2.75, 3.05) is 13.1 Å². The highest BCUT2D eigenvalue weighted by Crippen LogP contribution is 2.33. The molecule has 28 heavy (non-hydrogen) atoms. The summed E-state index contributed by atoms with van der Waals surface area (Å²) in [5.41, 5.74) is 1.25. The molecular weight excluding hydrogens is 373 g/mol. The van der Waals surface area contributed by atoms with Gasteiger partial charge in [-0.2, -0.15) is 13.2 Å². The van der Waals surface area contributed by atoms with Gasteiger partial charge in [-0.05, 0) is 57.5 Å². The van der Waals surface area contributed by atoms with E-state index in [1.807, 2.05) is 0 Å². The third-order valence-electron chi connectivity index (χ3n) is 6.26. The van der Waals surface area contributed by atoms with Crippen molar-refractivity contribution in [1.29, 1.82) is 0 Å². The van der Waals surface area contributed by atoms with Gasteiger partial charge in [-0.1, -0.05) is 24.5 Å². The van der Waals surface area contributed by atoms with Gasteiger partial charge in [-0.3, -0.25) is 4.68 Å². The minimum atomic E-state index is -5.08. The molecular formula is C19H29F3N4O2. The van der Waals surface area contributed by atoms with Crippen LogP contribution in [0.25, 0.3) is 0 Å². The lowest BCUT2D eigenvalue weighted by atomic mass is 9.88. The van der Waals surface area contributed by atoms with Gasteiger partial charge in [0.1, 0.15) is 0 Å². The highest BCUT2D eigenvalue weighted by atomic mass is 19.4. The standard InChI is InChI=1S/C17H28N4.C2HF3O2/c1-2-5-15(4-1)17-13-21(19-18-17)12-14-8-10-20(11-9-14)16-6-3-7-16;3-2(4,5)1(6)7/h13-16H,1-12H2;(H,6,7). The van der Waals surface area contributed by atoms with Gasteiger partial charge in [0.2, 0.25) is 0 Å². The second-order valence-corrected chi connectivity index (χ2v) is 8.21. The van der Waals surface area contributed by atoms with Crippen molar-refractivity contribution in [1.82, 2.24) is 19.9 Å². The molecule has 1 saturated heterocycles. The first-order valence-electron chi connectivity index (χ1n) is 10.3. The molecule has 9 heteroatoms. The molecule has 0 aromatic carbocycles. The van der Waals surface area contributed by atoms with Gasteiger partial charge in [0.05, 0.1) is 5.69 Å². The maximum Gasteiger partial charge on any atom is 0.490 e. The number of alkyl halides is 3. The third kappa shape index (κ3) is 5.68. The largest absolute Gasteiger partial charge is 0.490 e.